The number of carbonyl (C=O) groups is 1. The third-order valence-corrected chi connectivity index (χ3v) is 3.48. The summed E-state index contributed by atoms with van der Waals surface area (Å²) >= 11 is 0. The van der Waals surface area contributed by atoms with Crippen LogP contribution in [0.4, 0.5) is 5.82 Å². The van der Waals surface area contributed by atoms with Crippen LogP contribution in [0.1, 0.15) is 12.5 Å². The molecular weight excluding hydrogens is 346 g/mol. The number of hydrogen-bond acceptors (Lipinski definition) is 7. The maximum absolute atomic E-state index is 9.00. The monoisotopic (exact) mass is 367 g/mol. The Bertz CT molecular complexity index is 940. The minimum atomic E-state index is -0.833. The highest BCUT2D eigenvalue weighted by molar-refractivity contribution is 5.96. The molecule has 0 bridgehead atoms. The first kappa shape index (κ1) is 19.7. The maximum Gasteiger partial charge on any atom is 0.300 e. The van der Waals surface area contributed by atoms with Crippen LogP contribution in [0.25, 0.3) is 16.5 Å². The van der Waals surface area contributed by atoms with Crippen molar-refractivity contribution in [2.24, 2.45) is 11.6 Å². The third kappa shape index (κ3) is 5.16. The summed E-state index contributed by atoms with van der Waals surface area (Å²) in [6.07, 6.45) is 6.64. The molecule has 3 rings (SSSR count). The molecule has 27 heavy (non-hydrogen) atoms. The minimum Gasteiger partial charge on any atom is -0.494 e. The summed E-state index contributed by atoms with van der Waals surface area (Å²) in [6.45, 7) is 1.08. The molecule has 0 saturated carbocycles. The highest BCUT2D eigenvalue weighted by Gasteiger charge is 2.11. The predicted octanol–water partition coefficient (Wildman–Crippen LogP) is 2.37. The van der Waals surface area contributed by atoms with E-state index in [2.05, 4.69) is 9.97 Å². The molecule has 8 heteroatoms. The molecular formula is C19H21N5O3. The van der Waals surface area contributed by atoms with Gasteiger partial charge in [-0.25, -0.2) is 10.8 Å². The SMILES string of the molecule is CC(=O)O.COc1cnc(N(N)/C=C(\N)c2cccnc2)c2ccccc12. The van der Waals surface area contributed by atoms with Gasteiger partial charge in [0.15, 0.2) is 5.82 Å². The molecule has 1 aromatic carbocycles. The number of ether oxygens (including phenoxy) is 1. The average Bonchev–Trinajstić information content (AvgIpc) is 2.67. The predicted molar refractivity (Wildman–Crippen MR) is 105 cm³/mol. The molecule has 0 aliphatic rings. The van der Waals surface area contributed by atoms with E-state index in [1.165, 1.54) is 5.01 Å². The first-order valence-corrected chi connectivity index (χ1v) is 7.97. The van der Waals surface area contributed by atoms with Gasteiger partial charge in [0.2, 0.25) is 0 Å². The zero-order valence-corrected chi connectivity index (χ0v) is 15.0. The van der Waals surface area contributed by atoms with Gasteiger partial charge in [0.1, 0.15) is 5.75 Å². The fourth-order valence-corrected chi connectivity index (χ4v) is 2.34. The number of benzene rings is 1. The lowest BCUT2D eigenvalue weighted by Crippen LogP contribution is -2.27. The van der Waals surface area contributed by atoms with E-state index in [1.807, 2.05) is 36.4 Å². The summed E-state index contributed by atoms with van der Waals surface area (Å²) in [5.41, 5.74) is 7.37. The Morgan fingerprint density at radius 1 is 1.19 bits per heavy atom. The number of rotatable bonds is 4. The van der Waals surface area contributed by atoms with Gasteiger partial charge in [-0.15, -0.1) is 0 Å². The Morgan fingerprint density at radius 2 is 1.85 bits per heavy atom. The summed E-state index contributed by atoms with van der Waals surface area (Å²) < 4.78 is 5.34. The number of pyridine rings is 2. The molecule has 2 heterocycles. The number of anilines is 1. The van der Waals surface area contributed by atoms with Gasteiger partial charge in [-0.3, -0.25) is 14.8 Å². The molecule has 0 saturated heterocycles. The summed E-state index contributed by atoms with van der Waals surface area (Å²) in [7, 11) is 1.61. The van der Waals surface area contributed by atoms with Crippen LogP contribution in [0, 0.1) is 0 Å². The zero-order chi connectivity index (χ0) is 19.8. The standard InChI is InChI=1S/C17H17N5O.C2H4O2/c1-23-16-10-21-17(14-7-3-2-6-13(14)16)22(19)11-15(18)12-5-4-8-20-9-12;1-2(3)4/h2-11H,18-19H2,1H3;1H3,(H,3,4)/b15-11-;. The number of carboxylic acids is 1. The molecule has 5 N–H and O–H groups in total. The summed E-state index contributed by atoms with van der Waals surface area (Å²) in [5, 5.41) is 10.6. The van der Waals surface area contributed by atoms with E-state index in [0.29, 0.717) is 17.3 Å². The second-order valence-electron chi connectivity index (χ2n) is 5.45. The molecule has 0 aliphatic heterocycles. The number of methoxy groups -OCH3 is 1. The van der Waals surface area contributed by atoms with Crippen LogP contribution in [0.3, 0.4) is 0 Å². The number of nitrogens with zero attached hydrogens (tertiary/aromatic N) is 3. The first-order chi connectivity index (χ1) is 12.9. The van der Waals surface area contributed by atoms with Gasteiger partial charge < -0.3 is 15.6 Å². The third-order valence-electron chi connectivity index (χ3n) is 3.48. The van der Waals surface area contributed by atoms with Crippen molar-refractivity contribution < 1.29 is 14.6 Å². The molecule has 0 atom stereocenters. The number of nitrogens with two attached hydrogens (primary N) is 2. The van der Waals surface area contributed by atoms with Gasteiger partial charge in [0.05, 0.1) is 19.0 Å². The normalized spacial score (nSPS) is 10.7. The molecule has 0 radical (unpaired) electrons. The lowest BCUT2D eigenvalue weighted by molar-refractivity contribution is -0.134. The van der Waals surface area contributed by atoms with E-state index >= 15 is 0 Å². The minimum absolute atomic E-state index is 0.502. The van der Waals surface area contributed by atoms with Gasteiger partial charge in [0, 0.05) is 41.9 Å². The number of hydrogen-bond donors (Lipinski definition) is 3. The van der Waals surface area contributed by atoms with Crippen molar-refractivity contribution in [3.05, 3.63) is 66.8 Å². The fraction of sp³-hybridized carbons (Fsp3) is 0.105. The number of hydrazine groups is 1. The van der Waals surface area contributed by atoms with E-state index in [9.17, 15) is 0 Å². The maximum atomic E-state index is 9.00. The van der Waals surface area contributed by atoms with Crippen LogP contribution < -0.4 is 21.3 Å². The molecule has 0 fully saturated rings. The number of carboxylic acid groups (broad SMARTS) is 1. The van der Waals surface area contributed by atoms with Crippen LogP contribution in [-0.4, -0.2) is 28.2 Å². The number of aromatic nitrogens is 2. The van der Waals surface area contributed by atoms with Crippen LogP contribution in [0.15, 0.2) is 61.2 Å². The number of aliphatic carboxylic acids is 1. The Labute approximate surface area is 156 Å². The summed E-state index contributed by atoms with van der Waals surface area (Å²) in [5.74, 6) is 6.60. The molecule has 0 amide bonds. The van der Waals surface area contributed by atoms with Crippen molar-refractivity contribution in [2.45, 2.75) is 6.92 Å². The van der Waals surface area contributed by atoms with Crippen LogP contribution in [0.2, 0.25) is 0 Å². The largest absolute Gasteiger partial charge is 0.494 e. The second kappa shape index (κ2) is 9.16. The number of fused-ring (bicyclic) bond motifs is 1. The lowest BCUT2D eigenvalue weighted by atomic mass is 10.1. The van der Waals surface area contributed by atoms with Crippen LogP contribution in [0.5, 0.6) is 5.75 Å². The van der Waals surface area contributed by atoms with Gasteiger partial charge in [-0.2, -0.15) is 0 Å². The second-order valence-corrected chi connectivity index (χ2v) is 5.45. The fourth-order valence-electron chi connectivity index (χ4n) is 2.34. The zero-order valence-electron chi connectivity index (χ0n) is 15.0. The van der Waals surface area contributed by atoms with Crippen LogP contribution in [-0.2, 0) is 4.79 Å². The average molecular weight is 367 g/mol. The van der Waals surface area contributed by atoms with E-state index in [4.69, 9.17) is 26.2 Å². The van der Waals surface area contributed by atoms with Crippen LogP contribution >= 0.6 is 0 Å². The van der Waals surface area contributed by atoms with E-state index in [0.717, 1.165) is 23.3 Å². The Hall–Kier alpha value is -3.65. The molecule has 8 nitrogen and oxygen atoms in total. The summed E-state index contributed by atoms with van der Waals surface area (Å²) in [6, 6.07) is 11.4. The van der Waals surface area contributed by atoms with Crippen molar-refractivity contribution >= 4 is 28.3 Å². The molecule has 140 valence electrons. The Morgan fingerprint density at radius 3 is 2.44 bits per heavy atom. The molecule has 3 aromatic rings. The van der Waals surface area contributed by atoms with E-state index in [-0.39, 0.29) is 0 Å². The van der Waals surface area contributed by atoms with Gasteiger partial charge in [-0.1, -0.05) is 24.3 Å². The Kier molecular flexibility index (Phi) is 6.67. The van der Waals surface area contributed by atoms with Crippen molar-refractivity contribution in [3.8, 4) is 5.75 Å². The highest BCUT2D eigenvalue weighted by Crippen LogP contribution is 2.30. The van der Waals surface area contributed by atoms with Gasteiger partial charge in [0.25, 0.3) is 5.97 Å². The molecule has 0 spiro atoms. The van der Waals surface area contributed by atoms with E-state index < -0.39 is 5.97 Å². The highest BCUT2D eigenvalue weighted by atomic mass is 16.5. The van der Waals surface area contributed by atoms with Gasteiger partial charge >= 0.3 is 0 Å². The topological polar surface area (TPSA) is 128 Å². The molecule has 0 unspecified atom stereocenters. The molecule has 0 aliphatic carbocycles. The van der Waals surface area contributed by atoms with Crippen molar-refractivity contribution in [2.75, 3.05) is 12.1 Å². The van der Waals surface area contributed by atoms with Crippen molar-refractivity contribution in [3.63, 3.8) is 0 Å². The van der Waals surface area contributed by atoms with Crippen molar-refractivity contribution in [1.82, 2.24) is 9.97 Å². The Balaban J connectivity index is 0.000000596. The van der Waals surface area contributed by atoms with Crippen molar-refractivity contribution in [1.29, 1.82) is 0 Å². The van der Waals surface area contributed by atoms with E-state index in [1.54, 1.807) is 31.9 Å². The molecule has 2 aromatic heterocycles. The quantitative estimate of drug-likeness (QED) is 0.474. The lowest BCUT2D eigenvalue weighted by Gasteiger charge is -2.17. The first-order valence-electron chi connectivity index (χ1n) is 7.97. The van der Waals surface area contributed by atoms with Gasteiger partial charge in [-0.05, 0) is 12.1 Å². The summed E-state index contributed by atoms with van der Waals surface area (Å²) in [4.78, 5) is 17.4. The smallest absolute Gasteiger partial charge is 0.300 e.